The molecule has 3 rings (SSSR count). The van der Waals surface area contributed by atoms with E-state index in [1.54, 1.807) is 36.4 Å². The van der Waals surface area contributed by atoms with Gasteiger partial charge in [0.1, 0.15) is 5.70 Å². The van der Waals surface area contributed by atoms with Crippen LogP contribution in [-0.4, -0.2) is 16.7 Å². The smallest absolute Gasteiger partial charge is 0.272 e. The second-order valence-electron chi connectivity index (χ2n) is 6.69. The van der Waals surface area contributed by atoms with Gasteiger partial charge in [0.05, 0.1) is 4.92 Å². The molecule has 0 aromatic heterocycles. The minimum Gasteiger partial charge on any atom is -0.320 e. The van der Waals surface area contributed by atoms with Gasteiger partial charge >= 0.3 is 0 Å². The van der Waals surface area contributed by atoms with Crippen molar-refractivity contribution in [3.63, 3.8) is 0 Å². The summed E-state index contributed by atoms with van der Waals surface area (Å²) >= 11 is 3.36. The number of carbonyl (C=O) groups excluding carboxylic acids is 2. The van der Waals surface area contributed by atoms with Gasteiger partial charge in [-0.3, -0.25) is 19.7 Å². The molecule has 3 aromatic carbocycles. The lowest BCUT2D eigenvalue weighted by Gasteiger charge is -2.11. The van der Waals surface area contributed by atoms with Gasteiger partial charge in [0.15, 0.2) is 0 Å². The molecular formula is C23H18BrN3O4. The second-order valence-corrected chi connectivity index (χ2v) is 7.61. The van der Waals surface area contributed by atoms with Crippen LogP contribution in [0.25, 0.3) is 6.08 Å². The number of benzene rings is 3. The van der Waals surface area contributed by atoms with Gasteiger partial charge in [-0.05, 0) is 48.9 Å². The monoisotopic (exact) mass is 479 g/mol. The van der Waals surface area contributed by atoms with Crippen LogP contribution in [0.4, 0.5) is 11.4 Å². The van der Waals surface area contributed by atoms with Crippen molar-refractivity contribution in [2.75, 3.05) is 5.32 Å². The Morgan fingerprint density at radius 2 is 1.68 bits per heavy atom. The predicted octanol–water partition coefficient (Wildman–Crippen LogP) is 5.08. The Balaban J connectivity index is 1.89. The first-order valence-corrected chi connectivity index (χ1v) is 10.0. The summed E-state index contributed by atoms with van der Waals surface area (Å²) in [4.78, 5) is 36.0. The normalized spacial score (nSPS) is 11.0. The summed E-state index contributed by atoms with van der Waals surface area (Å²) in [5.74, 6) is -1.05. The molecule has 0 heterocycles. The third kappa shape index (κ3) is 6.10. The first-order valence-electron chi connectivity index (χ1n) is 9.23. The van der Waals surface area contributed by atoms with Gasteiger partial charge in [-0.1, -0.05) is 51.8 Å². The molecule has 7 nitrogen and oxygen atoms in total. The van der Waals surface area contributed by atoms with E-state index in [9.17, 15) is 19.7 Å². The molecule has 0 saturated carbocycles. The molecule has 8 heteroatoms. The van der Waals surface area contributed by atoms with Gasteiger partial charge in [0, 0.05) is 27.9 Å². The van der Waals surface area contributed by atoms with Crippen molar-refractivity contribution in [1.82, 2.24) is 5.32 Å². The number of hydrogen-bond acceptors (Lipinski definition) is 4. The van der Waals surface area contributed by atoms with E-state index >= 15 is 0 Å². The number of aryl methyl sites for hydroxylation is 1. The maximum absolute atomic E-state index is 12.9. The fraction of sp³-hybridized carbons (Fsp3) is 0.0435. The van der Waals surface area contributed by atoms with E-state index in [4.69, 9.17) is 0 Å². The zero-order valence-electron chi connectivity index (χ0n) is 16.5. The van der Waals surface area contributed by atoms with Gasteiger partial charge in [0.25, 0.3) is 17.5 Å². The number of nitro benzene ring substituents is 1. The molecule has 0 fully saturated rings. The van der Waals surface area contributed by atoms with Crippen molar-refractivity contribution in [2.45, 2.75) is 6.92 Å². The Hall–Kier alpha value is -3.78. The van der Waals surface area contributed by atoms with Crippen LogP contribution >= 0.6 is 15.9 Å². The van der Waals surface area contributed by atoms with Crippen molar-refractivity contribution < 1.29 is 14.5 Å². The Labute approximate surface area is 187 Å². The molecule has 0 radical (unpaired) electrons. The topological polar surface area (TPSA) is 101 Å². The summed E-state index contributed by atoms with van der Waals surface area (Å²) in [5.41, 5.74) is 2.18. The SMILES string of the molecule is Cc1ccc(C(=O)NC(=Cc2ccc(Br)cc2)C(=O)Nc2cccc([N+](=O)[O-])c2)cc1. The number of hydrogen-bond donors (Lipinski definition) is 2. The Morgan fingerprint density at radius 3 is 2.32 bits per heavy atom. The molecule has 0 aliphatic rings. The highest BCUT2D eigenvalue weighted by atomic mass is 79.9. The molecule has 3 aromatic rings. The van der Waals surface area contributed by atoms with Crippen molar-refractivity contribution >= 4 is 45.2 Å². The van der Waals surface area contributed by atoms with Gasteiger partial charge in [-0.2, -0.15) is 0 Å². The standard InChI is InChI=1S/C23H18BrN3O4/c1-15-5-9-17(10-6-15)22(28)26-21(13-16-7-11-18(24)12-8-16)23(29)25-19-3-2-4-20(14-19)27(30)31/h2-14H,1H3,(H,25,29)(H,26,28). The molecular weight excluding hydrogens is 462 g/mol. The van der Waals surface area contributed by atoms with Crippen LogP contribution in [0.2, 0.25) is 0 Å². The average molecular weight is 480 g/mol. The van der Waals surface area contributed by atoms with Crippen LogP contribution in [0.3, 0.4) is 0 Å². The molecule has 31 heavy (non-hydrogen) atoms. The summed E-state index contributed by atoms with van der Waals surface area (Å²) < 4.78 is 0.871. The first-order chi connectivity index (χ1) is 14.8. The summed E-state index contributed by atoms with van der Waals surface area (Å²) in [6, 6.07) is 19.7. The summed E-state index contributed by atoms with van der Waals surface area (Å²) in [5, 5.41) is 16.2. The molecule has 0 bridgehead atoms. The van der Waals surface area contributed by atoms with E-state index in [0.29, 0.717) is 11.1 Å². The summed E-state index contributed by atoms with van der Waals surface area (Å²) in [6.07, 6.45) is 1.53. The van der Waals surface area contributed by atoms with Crippen molar-refractivity contribution in [3.05, 3.63) is 110 Å². The van der Waals surface area contributed by atoms with Gasteiger partial charge in [0.2, 0.25) is 0 Å². The molecule has 0 atom stereocenters. The molecule has 0 saturated heterocycles. The highest BCUT2D eigenvalue weighted by molar-refractivity contribution is 9.10. The number of rotatable bonds is 6. The van der Waals surface area contributed by atoms with E-state index in [1.807, 2.05) is 19.1 Å². The minimum atomic E-state index is -0.608. The molecule has 0 aliphatic carbocycles. The number of non-ortho nitro benzene ring substituents is 1. The summed E-state index contributed by atoms with van der Waals surface area (Å²) in [7, 11) is 0. The number of nitrogens with one attached hydrogen (secondary N) is 2. The molecule has 2 amide bonds. The van der Waals surface area contributed by atoms with Crippen LogP contribution in [-0.2, 0) is 4.79 Å². The quantitative estimate of drug-likeness (QED) is 0.292. The van der Waals surface area contributed by atoms with E-state index in [0.717, 1.165) is 10.0 Å². The highest BCUT2D eigenvalue weighted by Gasteiger charge is 2.16. The number of carbonyl (C=O) groups is 2. The van der Waals surface area contributed by atoms with Gasteiger partial charge in [-0.15, -0.1) is 0 Å². The first kappa shape index (κ1) is 21.9. The maximum atomic E-state index is 12.9. The van der Waals surface area contributed by atoms with Crippen LogP contribution in [0, 0.1) is 17.0 Å². The highest BCUT2D eigenvalue weighted by Crippen LogP contribution is 2.18. The van der Waals surface area contributed by atoms with Crippen LogP contribution in [0.15, 0.2) is 83.0 Å². The lowest BCUT2D eigenvalue weighted by Crippen LogP contribution is -2.30. The van der Waals surface area contributed by atoms with E-state index in [-0.39, 0.29) is 17.1 Å². The molecule has 0 unspecified atom stereocenters. The van der Waals surface area contributed by atoms with Crippen molar-refractivity contribution in [2.24, 2.45) is 0 Å². The lowest BCUT2D eigenvalue weighted by molar-refractivity contribution is -0.384. The third-order valence-corrected chi connectivity index (χ3v) is 4.83. The van der Waals surface area contributed by atoms with Crippen LogP contribution in [0.5, 0.6) is 0 Å². The van der Waals surface area contributed by atoms with Crippen LogP contribution in [0.1, 0.15) is 21.5 Å². The third-order valence-electron chi connectivity index (χ3n) is 4.30. The van der Waals surface area contributed by atoms with Gasteiger partial charge in [-0.25, -0.2) is 0 Å². The summed E-state index contributed by atoms with van der Waals surface area (Å²) in [6.45, 7) is 1.91. The fourth-order valence-electron chi connectivity index (χ4n) is 2.68. The predicted molar refractivity (Wildman–Crippen MR) is 122 cm³/mol. The number of nitro groups is 1. The Bertz CT molecular complexity index is 1160. The fourth-order valence-corrected chi connectivity index (χ4v) is 2.94. The molecule has 0 aliphatic heterocycles. The van der Waals surface area contributed by atoms with Crippen molar-refractivity contribution in [3.8, 4) is 0 Å². The van der Waals surface area contributed by atoms with E-state index in [1.165, 1.54) is 30.3 Å². The second kappa shape index (κ2) is 9.82. The lowest BCUT2D eigenvalue weighted by atomic mass is 10.1. The molecule has 156 valence electrons. The zero-order chi connectivity index (χ0) is 22.4. The van der Waals surface area contributed by atoms with Crippen LogP contribution < -0.4 is 10.6 Å². The molecule has 0 spiro atoms. The Morgan fingerprint density at radius 1 is 1.00 bits per heavy atom. The average Bonchev–Trinajstić information content (AvgIpc) is 2.75. The number of halogens is 1. The molecule has 2 N–H and O–H groups in total. The van der Waals surface area contributed by atoms with E-state index < -0.39 is 16.7 Å². The number of nitrogens with zero attached hydrogens (tertiary/aromatic N) is 1. The largest absolute Gasteiger partial charge is 0.320 e. The van der Waals surface area contributed by atoms with Crippen molar-refractivity contribution in [1.29, 1.82) is 0 Å². The van der Waals surface area contributed by atoms with Gasteiger partial charge < -0.3 is 10.6 Å². The minimum absolute atomic E-state index is 0.000552. The zero-order valence-corrected chi connectivity index (χ0v) is 18.0. The van der Waals surface area contributed by atoms with E-state index in [2.05, 4.69) is 26.6 Å². The number of amides is 2. The maximum Gasteiger partial charge on any atom is 0.272 e. The number of anilines is 1. The Kier molecular flexibility index (Phi) is 6.94.